The fraction of sp³-hybridized carbons (Fsp3) is 0.615. The maximum atomic E-state index is 9.87. The minimum absolute atomic E-state index is 0.0926. The molecule has 1 rings (SSSR count). The van der Waals surface area contributed by atoms with E-state index in [4.69, 9.17) is 29.4 Å². The molecule has 1 aliphatic rings. The van der Waals surface area contributed by atoms with Crippen LogP contribution in [0.2, 0.25) is 0 Å². The van der Waals surface area contributed by atoms with Gasteiger partial charge in [-0.15, -0.1) is 18.8 Å². The van der Waals surface area contributed by atoms with Crippen LogP contribution in [0, 0.1) is 24.7 Å². The quantitative estimate of drug-likeness (QED) is 0.616. The lowest BCUT2D eigenvalue weighted by Crippen LogP contribution is -2.39. The van der Waals surface area contributed by atoms with Gasteiger partial charge in [-0.1, -0.05) is 25.2 Å². The number of hydrogen-bond acceptors (Lipinski definition) is 3. The predicted octanol–water partition coefficient (Wildman–Crippen LogP) is 0.703. The van der Waals surface area contributed by atoms with Crippen LogP contribution in [0.4, 0.5) is 0 Å². The van der Waals surface area contributed by atoms with E-state index in [1.54, 1.807) is 0 Å². The van der Waals surface area contributed by atoms with Gasteiger partial charge in [0.2, 0.25) is 0 Å². The minimum Gasteiger partial charge on any atom is -0.480 e. The van der Waals surface area contributed by atoms with Crippen molar-refractivity contribution >= 4 is 5.97 Å². The molecule has 0 aromatic heterocycles. The first-order valence-electron chi connectivity index (χ1n) is 5.63. The van der Waals surface area contributed by atoms with Crippen LogP contribution in [0.3, 0.4) is 0 Å². The first-order valence-corrected chi connectivity index (χ1v) is 5.63. The SMILES string of the molecule is C#CC1(N)CCCCC1.C#CCC(N)C(=O)O. The van der Waals surface area contributed by atoms with E-state index < -0.39 is 12.0 Å². The maximum absolute atomic E-state index is 9.87. The minimum atomic E-state index is -1.05. The summed E-state index contributed by atoms with van der Waals surface area (Å²) in [6.07, 6.45) is 15.9. The average molecular weight is 236 g/mol. The highest BCUT2D eigenvalue weighted by Crippen LogP contribution is 2.24. The molecule has 0 bridgehead atoms. The summed E-state index contributed by atoms with van der Waals surface area (Å²) >= 11 is 0. The number of carbonyl (C=O) groups is 1. The number of terminal acetylenes is 2. The van der Waals surface area contributed by atoms with Gasteiger partial charge >= 0.3 is 5.97 Å². The number of nitrogens with two attached hydrogens (primary N) is 2. The molecule has 1 fully saturated rings. The Bertz CT molecular complexity index is 319. The van der Waals surface area contributed by atoms with Crippen molar-refractivity contribution in [2.24, 2.45) is 11.5 Å². The van der Waals surface area contributed by atoms with Crippen LogP contribution in [0.25, 0.3) is 0 Å². The third-order valence-electron chi connectivity index (χ3n) is 2.69. The summed E-state index contributed by atoms with van der Waals surface area (Å²) in [4.78, 5) is 9.87. The van der Waals surface area contributed by atoms with Crippen LogP contribution in [0.5, 0.6) is 0 Å². The first kappa shape index (κ1) is 15.5. The van der Waals surface area contributed by atoms with Gasteiger partial charge in [-0.25, -0.2) is 0 Å². The molecule has 4 heteroatoms. The van der Waals surface area contributed by atoms with Crippen LogP contribution in [0.15, 0.2) is 0 Å². The number of carboxylic acids is 1. The van der Waals surface area contributed by atoms with Gasteiger partial charge < -0.3 is 16.6 Å². The van der Waals surface area contributed by atoms with E-state index in [2.05, 4.69) is 11.8 Å². The lowest BCUT2D eigenvalue weighted by atomic mass is 9.83. The van der Waals surface area contributed by atoms with E-state index in [9.17, 15) is 4.79 Å². The van der Waals surface area contributed by atoms with Gasteiger partial charge in [-0.05, 0) is 12.8 Å². The summed E-state index contributed by atoms with van der Waals surface area (Å²) < 4.78 is 0. The molecule has 1 aliphatic carbocycles. The molecule has 0 aromatic rings. The maximum Gasteiger partial charge on any atom is 0.321 e. The summed E-state index contributed by atoms with van der Waals surface area (Å²) in [5.41, 5.74) is 10.6. The van der Waals surface area contributed by atoms with E-state index in [0.717, 1.165) is 12.8 Å². The fourth-order valence-electron chi connectivity index (χ4n) is 1.54. The highest BCUT2D eigenvalue weighted by atomic mass is 16.4. The molecule has 17 heavy (non-hydrogen) atoms. The fourth-order valence-corrected chi connectivity index (χ4v) is 1.54. The molecule has 0 amide bonds. The Morgan fingerprint density at radius 3 is 2.12 bits per heavy atom. The number of hydrogen-bond donors (Lipinski definition) is 3. The summed E-state index contributed by atoms with van der Waals surface area (Å²) in [5, 5.41) is 8.09. The molecule has 1 unspecified atom stereocenters. The van der Waals surface area contributed by atoms with Gasteiger partial charge in [0.25, 0.3) is 0 Å². The third-order valence-corrected chi connectivity index (χ3v) is 2.69. The summed E-state index contributed by atoms with van der Waals surface area (Å²) in [6.45, 7) is 0. The molecule has 1 saturated carbocycles. The van der Waals surface area contributed by atoms with Crippen molar-refractivity contribution in [3.63, 3.8) is 0 Å². The Labute approximate surface area is 103 Å². The van der Waals surface area contributed by atoms with Crippen molar-refractivity contribution < 1.29 is 9.90 Å². The standard InChI is InChI=1S/C8H13N.C5H7NO2/c1-2-8(9)6-4-3-5-7-8;1-2-3-4(6)5(7)8/h1H,3-7,9H2;1,4H,3,6H2,(H,7,8). The Balaban J connectivity index is 0.000000304. The second kappa shape index (κ2) is 7.73. The largest absolute Gasteiger partial charge is 0.480 e. The van der Waals surface area contributed by atoms with Gasteiger partial charge in [0.15, 0.2) is 0 Å². The van der Waals surface area contributed by atoms with Crippen LogP contribution in [-0.2, 0) is 4.79 Å². The van der Waals surface area contributed by atoms with Gasteiger partial charge in [0.1, 0.15) is 6.04 Å². The molecule has 5 N–H and O–H groups in total. The lowest BCUT2D eigenvalue weighted by molar-refractivity contribution is -0.138. The second-order valence-electron chi connectivity index (χ2n) is 4.21. The Morgan fingerprint density at radius 2 is 1.88 bits per heavy atom. The van der Waals surface area contributed by atoms with Crippen molar-refractivity contribution in [3.05, 3.63) is 0 Å². The molecular weight excluding hydrogens is 216 g/mol. The summed E-state index contributed by atoms with van der Waals surface area (Å²) in [6, 6.07) is -0.903. The first-order chi connectivity index (χ1) is 7.95. The number of carboxylic acid groups (broad SMARTS) is 1. The molecule has 0 heterocycles. The second-order valence-corrected chi connectivity index (χ2v) is 4.21. The smallest absolute Gasteiger partial charge is 0.321 e. The number of rotatable bonds is 2. The Morgan fingerprint density at radius 1 is 1.35 bits per heavy atom. The van der Waals surface area contributed by atoms with Crippen LogP contribution in [-0.4, -0.2) is 22.7 Å². The molecule has 1 atom stereocenters. The zero-order valence-electron chi connectivity index (χ0n) is 9.98. The van der Waals surface area contributed by atoms with Gasteiger partial charge in [-0.2, -0.15) is 0 Å². The van der Waals surface area contributed by atoms with Crippen molar-refractivity contribution in [3.8, 4) is 24.7 Å². The zero-order valence-corrected chi connectivity index (χ0v) is 9.98. The van der Waals surface area contributed by atoms with E-state index in [0.29, 0.717) is 0 Å². The zero-order chi connectivity index (χ0) is 13.3. The van der Waals surface area contributed by atoms with Crippen molar-refractivity contribution in [2.45, 2.75) is 50.1 Å². The highest BCUT2D eigenvalue weighted by Gasteiger charge is 2.23. The monoisotopic (exact) mass is 236 g/mol. The summed E-state index contributed by atoms with van der Waals surface area (Å²) in [5.74, 6) is 3.75. The van der Waals surface area contributed by atoms with Gasteiger partial charge in [0.05, 0.1) is 5.54 Å². The Hall–Kier alpha value is -1.49. The van der Waals surface area contributed by atoms with E-state index in [1.807, 2.05) is 0 Å². The molecule has 94 valence electrons. The molecule has 4 nitrogen and oxygen atoms in total. The predicted molar refractivity (Wildman–Crippen MR) is 67.9 cm³/mol. The summed E-state index contributed by atoms with van der Waals surface area (Å²) in [7, 11) is 0. The van der Waals surface area contributed by atoms with Crippen LogP contribution < -0.4 is 11.5 Å². The lowest BCUT2D eigenvalue weighted by Gasteiger charge is -2.27. The normalized spacial score (nSPS) is 18.8. The third kappa shape index (κ3) is 6.63. The van der Waals surface area contributed by atoms with Crippen molar-refractivity contribution in [1.29, 1.82) is 0 Å². The van der Waals surface area contributed by atoms with Crippen molar-refractivity contribution in [1.82, 2.24) is 0 Å². The molecular formula is C13H20N2O2. The van der Waals surface area contributed by atoms with Crippen LogP contribution in [0.1, 0.15) is 38.5 Å². The highest BCUT2D eigenvalue weighted by molar-refractivity contribution is 5.73. The van der Waals surface area contributed by atoms with E-state index >= 15 is 0 Å². The van der Waals surface area contributed by atoms with Crippen molar-refractivity contribution in [2.75, 3.05) is 0 Å². The van der Waals surface area contributed by atoms with Gasteiger partial charge in [0, 0.05) is 6.42 Å². The molecule has 0 spiro atoms. The van der Waals surface area contributed by atoms with E-state index in [-0.39, 0.29) is 12.0 Å². The number of aliphatic carboxylic acids is 1. The van der Waals surface area contributed by atoms with E-state index in [1.165, 1.54) is 19.3 Å². The average Bonchev–Trinajstić information content (AvgIpc) is 2.31. The molecule has 0 aliphatic heterocycles. The molecule has 0 aromatic carbocycles. The molecule has 0 radical (unpaired) electrons. The van der Waals surface area contributed by atoms with Gasteiger partial charge in [-0.3, -0.25) is 4.79 Å². The topological polar surface area (TPSA) is 89.3 Å². The Kier molecular flexibility index (Phi) is 7.05. The molecule has 0 saturated heterocycles. The van der Waals surface area contributed by atoms with Crippen LogP contribution >= 0.6 is 0 Å².